The fourth-order valence-electron chi connectivity index (χ4n) is 3.53. The van der Waals surface area contributed by atoms with E-state index in [-0.39, 0.29) is 18.2 Å². The maximum atomic E-state index is 13.9. The summed E-state index contributed by atoms with van der Waals surface area (Å²) < 4.78 is 19.5. The number of carbonyl (C=O) groups excluding carboxylic acids is 1. The molecule has 144 valence electrons. The number of rotatable bonds is 6. The lowest BCUT2D eigenvalue weighted by Crippen LogP contribution is -2.35. The quantitative estimate of drug-likeness (QED) is 0.712. The highest BCUT2D eigenvalue weighted by Gasteiger charge is 2.19. The summed E-state index contributed by atoms with van der Waals surface area (Å²) in [6.07, 6.45) is 1.15. The van der Waals surface area contributed by atoms with Crippen LogP contribution in [0.4, 0.5) is 10.1 Å². The maximum Gasteiger partial charge on any atom is 0.229 e. The molecule has 0 spiro atoms. The van der Waals surface area contributed by atoms with Crippen LogP contribution in [0, 0.1) is 12.7 Å². The first kappa shape index (κ1) is 18.2. The molecule has 1 aliphatic rings. The number of hydrogen-bond acceptors (Lipinski definition) is 4. The third kappa shape index (κ3) is 3.76. The standard InChI is InChI=1S/C22H22FN3O2/c1-15-19(25-22(28-15)17-7-3-4-8-18(17)23)14-21(27)24-11-13-26-12-10-16-6-2-5-9-20(16)26/h2-9H,10-14H2,1H3,(H,24,27). The highest BCUT2D eigenvalue weighted by atomic mass is 19.1. The number of aryl methyl sites for hydroxylation is 1. The largest absolute Gasteiger partial charge is 0.441 e. The van der Waals surface area contributed by atoms with Gasteiger partial charge in [0.25, 0.3) is 0 Å². The van der Waals surface area contributed by atoms with Crippen LogP contribution in [0.25, 0.3) is 11.5 Å². The van der Waals surface area contributed by atoms with Crippen LogP contribution in [0.5, 0.6) is 0 Å². The van der Waals surface area contributed by atoms with Gasteiger partial charge in [-0.05, 0) is 37.1 Å². The van der Waals surface area contributed by atoms with E-state index in [9.17, 15) is 9.18 Å². The van der Waals surface area contributed by atoms with Crippen LogP contribution in [0.3, 0.4) is 0 Å². The Bertz CT molecular complexity index is 999. The summed E-state index contributed by atoms with van der Waals surface area (Å²) in [5, 5.41) is 2.94. The normalized spacial score (nSPS) is 12.9. The van der Waals surface area contributed by atoms with Gasteiger partial charge in [0, 0.05) is 25.3 Å². The van der Waals surface area contributed by atoms with Crippen LogP contribution in [-0.4, -0.2) is 30.5 Å². The van der Waals surface area contributed by atoms with Gasteiger partial charge in [0.05, 0.1) is 17.7 Å². The zero-order valence-corrected chi connectivity index (χ0v) is 15.7. The average Bonchev–Trinajstić information content (AvgIpc) is 3.26. The summed E-state index contributed by atoms with van der Waals surface area (Å²) in [4.78, 5) is 18.9. The van der Waals surface area contributed by atoms with E-state index in [1.165, 1.54) is 17.3 Å². The van der Waals surface area contributed by atoms with Gasteiger partial charge < -0.3 is 14.6 Å². The number of anilines is 1. The van der Waals surface area contributed by atoms with Crippen molar-refractivity contribution in [1.29, 1.82) is 0 Å². The van der Waals surface area contributed by atoms with Crippen LogP contribution >= 0.6 is 0 Å². The van der Waals surface area contributed by atoms with Crippen molar-refractivity contribution in [2.75, 3.05) is 24.5 Å². The first-order valence-electron chi connectivity index (χ1n) is 9.42. The lowest BCUT2D eigenvalue weighted by molar-refractivity contribution is -0.120. The van der Waals surface area contributed by atoms with E-state index in [0.717, 1.165) is 19.5 Å². The summed E-state index contributed by atoms with van der Waals surface area (Å²) in [7, 11) is 0. The Morgan fingerprint density at radius 3 is 2.86 bits per heavy atom. The Hall–Kier alpha value is -3.15. The van der Waals surface area contributed by atoms with Gasteiger partial charge in [-0.1, -0.05) is 30.3 Å². The molecule has 0 saturated heterocycles. The third-order valence-corrected chi connectivity index (χ3v) is 5.01. The van der Waals surface area contributed by atoms with Crippen molar-refractivity contribution < 1.29 is 13.6 Å². The molecule has 0 bridgehead atoms. The molecule has 0 radical (unpaired) electrons. The third-order valence-electron chi connectivity index (χ3n) is 5.01. The molecular formula is C22H22FN3O2. The Kier molecular flexibility index (Phi) is 5.10. The van der Waals surface area contributed by atoms with Gasteiger partial charge in [0.15, 0.2) is 0 Å². The number of para-hydroxylation sites is 1. The monoisotopic (exact) mass is 379 g/mol. The molecule has 4 rings (SSSR count). The Balaban J connectivity index is 1.33. The fourth-order valence-corrected chi connectivity index (χ4v) is 3.53. The van der Waals surface area contributed by atoms with E-state index in [1.807, 2.05) is 6.07 Å². The molecule has 5 nitrogen and oxygen atoms in total. The average molecular weight is 379 g/mol. The highest BCUT2D eigenvalue weighted by Crippen LogP contribution is 2.27. The Labute approximate surface area is 163 Å². The van der Waals surface area contributed by atoms with E-state index >= 15 is 0 Å². The van der Waals surface area contributed by atoms with E-state index < -0.39 is 5.82 Å². The second-order valence-electron chi connectivity index (χ2n) is 6.89. The minimum absolute atomic E-state index is 0.111. The first-order valence-corrected chi connectivity index (χ1v) is 9.42. The zero-order chi connectivity index (χ0) is 19.5. The molecule has 1 aliphatic heterocycles. The summed E-state index contributed by atoms with van der Waals surface area (Å²) in [6, 6.07) is 14.7. The molecule has 0 atom stereocenters. The molecule has 3 aromatic rings. The van der Waals surface area contributed by atoms with Crippen molar-refractivity contribution in [3.8, 4) is 11.5 Å². The maximum absolute atomic E-state index is 13.9. The number of amides is 1. The lowest BCUT2D eigenvalue weighted by Gasteiger charge is -2.19. The van der Waals surface area contributed by atoms with Crippen LogP contribution in [0.1, 0.15) is 17.0 Å². The predicted molar refractivity (Wildman–Crippen MR) is 106 cm³/mol. The molecule has 0 saturated carbocycles. The van der Waals surface area contributed by atoms with E-state index in [0.29, 0.717) is 23.6 Å². The molecule has 0 fully saturated rings. The number of nitrogens with one attached hydrogen (secondary N) is 1. The van der Waals surface area contributed by atoms with Crippen molar-refractivity contribution in [2.45, 2.75) is 19.8 Å². The minimum Gasteiger partial charge on any atom is -0.441 e. The molecule has 1 amide bonds. The number of hydrogen-bond donors (Lipinski definition) is 1. The Morgan fingerprint density at radius 1 is 1.21 bits per heavy atom. The number of nitrogens with zero attached hydrogens (tertiary/aromatic N) is 2. The first-order chi connectivity index (χ1) is 13.6. The van der Waals surface area contributed by atoms with Gasteiger partial charge in [-0.15, -0.1) is 0 Å². The van der Waals surface area contributed by atoms with Crippen molar-refractivity contribution in [2.24, 2.45) is 0 Å². The van der Waals surface area contributed by atoms with Gasteiger partial charge in [-0.25, -0.2) is 9.37 Å². The van der Waals surface area contributed by atoms with Gasteiger partial charge in [-0.2, -0.15) is 0 Å². The number of carbonyl (C=O) groups is 1. The molecule has 0 unspecified atom stereocenters. The summed E-state index contributed by atoms with van der Waals surface area (Å²) in [5.41, 5.74) is 3.43. The second kappa shape index (κ2) is 7.84. The zero-order valence-electron chi connectivity index (χ0n) is 15.7. The molecule has 1 N–H and O–H groups in total. The molecule has 2 aromatic carbocycles. The lowest BCUT2D eigenvalue weighted by atomic mass is 10.2. The van der Waals surface area contributed by atoms with Crippen LogP contribution in [0.2, 0.25) is 0 Å². The summed E-state index contributed by atoms with van der Waals surface area (Å²) in [5.74, 6) is 0.212. The van der Waals surface area contributed by atoms with Crippen molar-refractivity contribution in [3.05, 3.63) is 71.4 Å². The molecule has 1 aromatic heterocycles. The van der Waals surface area contributed by atoms with E-state index in [4.69, 9.17) is 4.42 Å². The number of benzene rings is 2. The Morgan fingerprint density at radius 2 is 2.00 bits per heavy atom. The molecular weight excluding hydrogens is 357 g/mol. The number of halogens is 1. The van der Waals surface area contributed by atoms with Crippen LogP contribution in [-0.2, 0) is 17.6 Å². The molecule has 6 heteroatoms. The van der Waals surface area contributed by atoms with Crippen LogP contribution < -0.4 is 10.2 Å². The molecule has 28 heavy (non-hydrogen) atoms. The van der Waals surface area contributed by atoms with Gasteiger partial charge >= 0.3 is 0 Å². The van der Waals surface area contributed by atoms with Gasteiger partial charge in [0.2, 0.25) is 11.8 Å². The van der Waals surface area contributed by atoms with Crippen molar-refractivity contribution in [3.63, 3.8) is 0 Å². The van der Waals surface area contributed by atoms with E-state index in [1.54, 1.807) is 25.1 Å². The minimum atomic E-state index is -0.398. The van der Waals surface area contributed by atoms with Gasteiger partial charge in [-0.3, -0.25) is 4.79 Å². The van der Waals surface area contributed by atoms with Crippen molar-refractivity contribution in [1.82, 2.24) is 10.3 Å². The van der Waals surface area contributed by atoms with Crippen LogP contribution in [0.15, 0.2) is 52.9 Å². The van der Waals surface area contributed by atoms with Crippen molar-refractivity contribution >= 4 is 11.6 Å². The molecule has 2 heterocycles. The predicted octanol–water partition coefficient (Wildman–Crippen LogP) is 3.51. The number of oxazole rings is 1. The molecule has 0 aliphatic carbocycles. The summed E-state index contributed by atoms with van der Waals surface area (Å²) >= 11 is 0. The fraction of sp³-hybridized carbons (Fsp3) is 0.273. The van der Waals surface area contributed by atoms with Gasteiger partial charge in [0.1, 0.15) is 11.6 Å². The van der Waals surface area contributed by atoms with E-state index in [2.05, 4.69) is 33.4 Å². The topological polar surface area (TPSA) is 58.4 Å². The number of aromatic nitrogens is 1. The SMILES string of the molecule is Cc1oc(-c2ccccc2F)nc1CC(=O)NCCN1CCc2ccccc21. The smallest absolute Gasteiger partial charge is 0.229 e. The summed E-state index contributed by atoms with van der Waals surface area (Å²) in [6.45, 7) is 4.04. The highest BCUT2D eigenvalue weighted by molar-refractivity contribution is 5.78. The second-order valence-corrected chi connectivity index (χ2v) is 6.89. The number of fused-ring (bicyclic) bond motifs is 1.